The summed E-state index contributed by atoms with van der Waals surface area (Å²) < 4.78 is 27.7. The molecule has 2 aromatic carbocycles. The molecule has 0 saturated carbocycles. The van der Waals surface area contributed by atoms with Crippen LogP contribution in [0, 0.1) is 0 Å². The number of carbonyl (C=O) groups is 2. The van der Waals surface area contributed by atoms with Gasteiger partial charge < -0.3 is 33.2 Å². The molecule has 40 heavy (non-hydrogen) atoms. The number of carbonyl (C=O) groups excluding carboxylic acids is 2. The van der Waals surface area contributed by atoms with Gasteiger partial charge in [-0.25, -0.2) is 0 Å². The van der Waals surface area contributed by atoms with Crippen molar-refractivity contribution in [2.24, 2.45) is 0 Å². The number of benzene rings is 2. The molecule has 0 unspecified atom stereocenters. The lowest BCUT2D eigenvalue weighted by molar-refractivity contribution is -0.144. The second kappa shape index (κ2) is 14.0. The Morgan fingerprint density at radius 1 is 0.850 bits per heavy atom. The van der Waals surface area contributed by atoms with E-state index < -0.39 is 0 Å². The summed E-state index contributed by atoms with van der Waals surface area (Å²) in [5.41, 5.74) is 1.88. The van der Waals surface area contributed by atoms with Gasteiger partial charge in [0, 0.05) is 32.7 Å². The fraction of sp³-hybridized carbons (Fsp3) is 0.400. The monoisotopic (exact) mass is 549 g/mol. The zero-order chi connectivity index (χ0) is 27.6. The number of hydrogen-bond acceptors (Lipinski definition) is 8. The summed E-state index contributed by atoms with van der Waals surface area (Å²) in [5.74, 6) is 1.58. The summed E-state index contributed by atoms with van der Waals surface area (Å²) in [6.07, 6.45) is 1.58. The molecule has 2 aliphatic heterocycles. The molecule has 0 aliphatic carbocycles. The van der Waals surface area contributed by atoms with Crippen LogP contribution in [0.2, 0.25) is 0 Å². The smallest absolute Gasteiger partial charge is 0.249 e. The minimum absolute atomic E-state index is 0.0663. The van der Waals surface area contributed by atoms with Gasteiger partial charge in [0.2, 0.25) is 18.6 Å². The molecule has 10 heteroatoms. The van der Waals surface area contributed by atoms with Crippen LogP contribution >= 0.6 is 0 Å². The molecular formula is C30H35N3O7. The van der Waals surface area contributed by atoms with Crippen molar-refractivity contribution in [2.75, 3.05) is 59.3 Å². The molecule has 0 radical (unpaired) electrons. The lowest BCUT2D eigenvalue weighted by atomic mass is 10.2. The first-order valence-electron chi connectivity index (χ1n) is 13.5. The topological polar surface area (TPSA) is 93.9 Å². The summed E-state index contributed by atoms with van der Waals surface area (Å²) in [7, 11) is 0. The molecular weight excluding hydrogens is 514 g/mol. The zero-order valence-corrected chi connectivity index (χ0v) is 22.5. The van der Waals surface area contributed by atoms with Crippen molar-refractivity contribution in [3.8, 4) is 11.5 Å². The number of amides is 2. The first-order valence-corrected chi connectivity index (χ1v) is 13.5. The van der Waals surface area contributed by atoms with Gasteiger partial charge in [-0.2, -0.15) is 0 Å². The third-order valence-corrected chi connectivity index (χ3v) is 6.90. The Labute approximate surface area is 233 Å². The molecule has 1 saturated heterocycles. The normalized spacial score (nSPS) is 14.7. The molecule has 0 spiro atoms. The molecule has 0 N–H and O–H groups in total. The van der Waals surface area contributed by atoms with Gasteiger partial charge in [-0.1, -0.05) is 36.4 Å². The standard InChI is InChI=1S/C30H35N3O7/c34-29(33(19-26-7-4-14-38-26)18-25-8-9-27-28(17-25)40-23-39-27)20-32(11-10-31-12-15-36-16-13-31)30(35)22-37-21-24-5-2-1-3-6-24/h1-9,14,17H,10-13,15-16,18-23H2. The highest BCUT2D eigenvalue weighted by molar-refractivity contribution is 5.85. The van der Waals surface area contributed by atoms with Crippen LogP contribution in [0.15, 0.2) is 71.3 Å². The van der Waals surface area contributed by atoms with E-state index in [1.807, 2.05) is 54.6 Å². The molecule has 0 atom stereocenters. The molecule has 212 valence electrons. The highest BCUT2D eigenvalue weighted by Crippen LogP contribution is 2.33. The van der Waals surface area contributed by atoms with Crippen molar-refractivity contribution in [1.29, 1.82) is 0 Å². The molecule has 0 bridgehead atoms. The van der Waals surface area contributed by atoms with Crippen molar-refractivity contribution in [3.05, 3.63) is 83.8 Å². The largest absolute Gasteiger partial charge is 0.467 e. The molecule has 2 aliphatic rings. The third kappa shape index (κ3) is 7.84. The maximum absolute atomic E-state index is 13.7. The van der Waals surface area contributed by atoms with E-state index in [-0.39, 0.29) is 38.3 Å². The van der Waals surface area contributed by atoms with Gasteiger partial charge in [0.25, 0.3) is 0 Å². The van der Waals surface area contributed by atoms with Gasteiger partial charge in [0.05, 0.1) is 39.2 Å². The zero-order valence-electron chi connectivity index (χ0n) is 22.5. The number of hydrogen-bond donors (Lipinski definition) is 0. The summed E-state index contributed by atoms with van der Waals surface area (Å²) in [4.78, 5) is 32.6. The van der Waals surface area contributed by atoms with E-state index in [9.17, 15) is 9.59 Å². The molecule has 3 heterocycles. The van der Waals surface area contributed by atoms with Crippen LogP contribution in [0.3, 0.4) is 0 Å². The predicted molar refractivity (Wildman–Crippen MR) is 145 cm³/mol. The highest BCUT2D eigenvalue weighted by atomic mass is 16.7. The van der Waals surface area contributed by atoms with Crippen LogP contribution < -0.4 is 9.47 Å². The van der Waals surface area contributed by atoms with E-state index in [1.165, 1.54) is 0 Å². The van der Waals surface area contributed by atoms with E-state index in [1.54, 1.807) is 22.1 Å². The highest BCUT2D eigenvalue weighted by Gasteiger charge is 2.24. The fourth-order valence-corrected chi connectivity index (χ4v) is 4.65. The van der Waals surface area contributed by atoms with Crippen LogP contribution in [0.25, 0.3) is 0 Å². The Hall–Kier alpha value is -3.86. The quantitative estimate of drug-likeness (QED) is 0.321. The van der Waals surface area contributed by atoms with E-state index in [2.05, 4.69) is 4.90 Å². The number of morpholine rings is 1. The lowest BCUT2D eigenvalue weighted by Gasteiger charge is -2.31. The average molecular weight is 550 g/mol. The molecule has 3 aromatic rings. The Morgan fingerprint density at radius 3 is 2.48 bits per heavy atom. The van der Waals surface area contributed by atoms with Gasteiger partial charge in [0.1, 0.15) is 12.4 Å². The van der Waals surface area contributed by atoms with Crippen molar-refractivity contribution in [3.63, 3.8) is 0 Å². The molecule has 10 nitrogen and oxygen atoms in total. The van der Waals surface area contributed by atoms with Crippen molar-refractivity contribution in [2.45, 2.75) is 19.7 Å². The van der Waals surface area contributed by atoms with E-state index >= 15 is 0 Å². The van der Waals surface area contributed by atoms with E-state index in [0.717, 1.165) is 24.2 Å². The van der Waals surface area contributed by atoms with Crippen LogP contribution in [-0.4, -0.2) is 85.9 Å². The summed E-state index contributed by atoms with van der Waals surface area (Å²) in [6, 6.07) is 19.0. The second-order valence-electron chi connectivity index (χ2n) is 9.76. The summed E-state index contributed by atoms with van der Waals surface area (Å²) >= 11 is 0. The average Bonchev–Trinajstić information content (AvgIpc) is 3.68. The second-order valence-corrected chi connectivity index (χ2v) is 9.76. The van der Waals surface area contributed by atoms with Crippen LogP contribution in [0.4, 0.5) is 0 Å². The van der Waals surface area contributed by atoms with Gasteiger partial charge in [-0.3, -0.25) is 14.5 Å². The van der Waals surface area contributed by atoms with Gasteiger partial charge in [-0.05, 0) is 35.4 Å². The maximum atomic E-state index is 13.7. The maximum Gasteiger partial charge on any atom is 0.249 e. The van der Waals surface area contributed by atoms with Gasteiger partial charge >= 0.3 is 0 Å². The van der Waals surface area contributed by atoms with Crippen LogP contribution in [0.5, 0.6) is 11.5 Å². The molecule has 1 fully saturated rings. The number of fused-ring (bicyclic) bond motifs is 1. The number of rotatable bonds is 13. The minimum Gasteiger partial charge on any atom is -0.467 e. The fourth-order valence-electron chi connectivity index (χ4n) is 4.65. The van der Waals surface area contributed by atoms with Crippen molar-refractivity contribution < 1.29 is 33.0 Å². The van der Waals surface area contributed by atoms with Gasteiger partial charge in [0.15, 0.2) is 11.5 Å². The summed E-state index contributed by atoms with van der Waals surface area (Å²) in [5, 5.41) is 0. The molecule has 1 aromatic heterocycles. The number of ether oxygens (including phenoxy) is 4. The number of nitrogens with zero attached hydrogens (tertiary/aromatic N) is 3. The SMILES string of the molecule is O=C(COCc1ccccc1)N(CCN1CCOCC1)CC(=O)N(Cc1ccc2c(c1)OCO2)Cc1ccco1. The Balaban J connectivity index is 1.26. The number of furan rings is 1. The predicted octanol–water partition coefficient (Wildman–Crippen LogP) is 2.91. The van der Waals surface area contributed by atoms with E-state index in [4.69, 9.17) is 23.4 Å². The Morgan fingerprint density at radius 2 is 1.68 bits per heavy atom. The van der Waals surface area contributed by atoms with Crippen LogP contribution in [0.1, 0.15) is 16.9 Å². The first kappa shape index (κ1) is 27.7. The molecule has 2 amide bonds. The van der Waals surface area contributed by atoms with Crippen molar-refractivity contribution >= 4 is 11.8 Å². The first-order chi connectivity index (χ1) is 19.6. The van der Waals surface area contributed by atoms with Crippen LogP contribution in [-0.2, 0) is 38.8 Å². The third-order valence-electron chi connectivity index (χ3n) is 6.90. The van der Waals surface area contributed by atoms with Crippen molar-refractivity contribution in [1.82, 2.24) is 14.7 Å². The lowest BCUT2D eigenvalue weighted by Crippen LogP contribution is -2.48. The Kier molecular flexibility index (Phi) is 9.68. The van der Waals surface area contributed by atoms with Gasteiger partial charge in [-0.15, -0.1) is 0 Å². The van der Waals surface area contributed by atoms with E-state index in [0.29, 0.717) is 56.7 Å². The molecule has 5 rings (SSSR count). The summed E-state index contributed by atoms with van der Waals surface area (Å²) in [6.45, 7) is 4.94. The minimum atomic E-state index is -0.224. The Bertz CT molecular complexity index is 1230.